The highest BCUT2D eigenvalue weighted by atomic mass is 16.5. The van der Waals surface area contributed by atoms with Crippen LogP contribution in [0.25, 0.3) is 11.0 Å². The number of fused-ring (bicyclic) bond motifs is 1. The molecule has 1 heterocycles. The zero-order valence-electron chi connectivity index (χ0n) is 17.8. The zero-order valence-corrected chi connectivity index (χ0v) is 17.8. The van der Waals surface area contributed by atoms with E-state index < -0.39 is 6.04 Å². The third kappa shape index (κ3) is 4.12. The van der Waals surface area contributed by atoms with Crippen molar-refractivity contribution in [2.24, 2.45) is 0 Å². The molecular formula is C26H25NO4. The molecule has 1 unspecified atom stereocenters. The van der Waals surface area contributed by atoms with E-state index in [1.165, 1.54) is 0 Å². The van der Waals surface area contributed by atoms with Gasteiger partial charge >= 0.3 is 0 Å². The number of benzene rings is 3. The summed E-state index contributed by atoms with van der Waals surface area (Å²) >= 11 is 0. The van der Waals surface area contributed by atoms with Crippen molar-refractivity contribution in [3.05, 3.63) is 95.7 Å². The number of rotatable bonds is 7. The molecule has 0 spiro atoms. The lowest BCUT2D eigenvalue weighted by Crippen LogP contribution is -2.33. The van der Waals surface area contributed by atoms with E-state index in [4.69, 9.17) is 13.9 Å². The maximum atomic E-state index is 13.4. The third-order valence-corrected chi connectivity index (χ3v) is 5.56. The molecule has 0 saturated carbocycles. The van der Waals surface area contributed by atoms with E-state index in [9.17, 15) is 4.79 Å². The summed E-state index contributed by atoms with van der Waals surface area (Å²) in [4.78, 5) is 13.4. The predicted molar refractivity (Wildman–Crippen MR) is 121 cm³/mol. The molecule has 0 aliphatic heterocycles. The third-order valence-electron chi connectivity index (χ3n) is 5.56. The van der Waals surface area contributed by atoms with Crippen molar-refractivity contribution in [2.45, 2.75) is 18.9 Å². The van der Waals surface area contributed by atoms with Crippen molar-refractivity contribution in [3.8, 4) is 11.5 Å². The Labute approximate surface area is 181 Å². The predicted octanol–water partition coefficient (Wildman–Crippen LogP) is 5.46. The number of para-hydroxylation sites is 2. The minimum atomic E-state index is -0.431. The van der Waals surface area contributed by atoms with Gasteiger partial charge in [0.05, 0.1) is 32.4 Å². The highest BCUT2D eigenvalue weighted by Crippen LogP contribution is 2.35. The summed E-state index contributed by atoms with van der Waals surface area (Å²) in [7, 11) is 3.26. The van der Waals surface area contributed by atoms with Gasteiger partial charge in [-0.3, -0.25) is 4.79 Å². The van der Waals surface area contributed by atoms with Gasteiger partial charge in [-0.05, 0) is 42.8 Å². The van der Waals surface area contributed by atoms with E-state index in [-0.39, 0.29) is 11.8 Å². The van der Waals surface area contributed by atoms with Crippen LogP contribution in [0.3, 0.4) is 0 Å². The summed E-state index contributed by atoms with van der Waals surface area (Å²) in [6.45, 7) is 1.90. The van der Waals surface area contributed by atoms with Crippen LogP contribution in [0.1, 0.15) is 35.6 Å². The van der Waals surface area contributed by atoms with Crippen LogP contribution in [0.2, 0.25) is 0 Å². The Morgan fingerprint density at radius 1 is 0.871 bits per heavy atom. The number of ether oxygens (including phenoxy) is 2. The lowest BCUT2D eigenvalue weighted by molar-refractivity contribution is -0.122. The van der Waals surface area contributed by atoms with Gasteiger partial charge in [0.15, 0.2) is 0 Å². The molecule has 3 aromatic carbocycles. The maximum Gasteiger partial charge on any atom is 0.228 e. The first-order chi connectivity index (χ1) is 15.1. The van der Waals surface area contributed by atoms with Gasteiger partial charge in [-0.1, -0.05) is 42.5 Å². The highest BCUT2D eigenvalue weighted by molar-refractivity contribution is 5.86. The Morgan fingerprint density at radius 2 is 1.48 bits per heavy atom. The van der Waals surface area contributed by atoms with E-state index in [0.29, 0.717) is 11.5 Å². The van der Waals surface area contributed by atoms with E-state index in [2.05, 4.69) is 5.32 Å². The van der Waals surface area contributed by atoms with Gasteiger partial charge in [0, 0.05) is 16.5 Å². The number of nitrogens with one attached hydrogen (secondary N) is 1. The second-order valence-electron chi connectivity index (χ2n) is 7.37. The Kier molecular flexibility index (Phi) is 5.94. The van der Waals surface area contributed by atoms with Gasteiger partial charge in [0.2, 0.25) is 5.91 Å². The summed E-state index contributed by atoms with van der Waals surface area (Å²) in [6, 6.07) is 22.7. The Morgan fingerprint density at radius 3 is 2.10 bits per heavy atom. The van der Waals surface area contributed by atoms with Crippen molar-refractivity contribution < 1.29 is 18.7 Å². The first-order valence-electron chi connectivity index (χ1n) is 10.2. The second-order valence-corrected chi connectivity index (χ2v) is 7.37. The zero-order chi connectivity index (χ0) is 21.8. The summed E-state index contributed by atoms with van der Waals surface area (Å²) in [5.41, 5.74) is 3.45. The molecule has 1 aromatic heterocycles. The first-order valence-corrected chi connectivity index (χ1v) is 10.2. The van der Waals surface area contributed by atoms with Crippen molar-refractivity contribution in [1.29, 1.82) is 0 Å². The lowest BCUT2D eigenvalue weighted by Gasteiger charge is -2.25. The average Bonchev–Trinajstić information content (AvgIpc) is 3.30. The molecule has 0 saturated heterocycles. The molecular weight excluding hydrogens is 390 g/mol. The standard InChI is InChI=1S/C26H25NO4/c1-17(18-12-13-22-19(16-18)14-15-31-22)26(28)27-25(20-8-4-6-10-23(20)29-2)21-9-5-7-11-24(21)30-3/h4-17,25H,1-3H3,(H,27,28). The molecule has 1 N–H and O–H groups in total. The number of methoxy groups -OCH3 is 2. The molecule has 0 radical (unpaired) electrons. The normalized spacial score (nSPS) is 12.0. The molecule has 158 valence electrons. The molecule has 4 rings (SSSR count). The summed E-state index contributed by atoms with van der Waals surface area (Å²) < 4.78 is 16.6. The van der Waals surface area contributed by atoms with Crippen LogP contribution in [-0.2, 0) is 4.79 Å². The average molecular weight is 415 g/mol. The fraction of sp³-hybridized carbons (Fsp3) is 0.192. The van der Waals surface area contributed by atoms with Crippen molar-refractivity contribution in [3.63, 3.8) is 0 Å². The molecule has 0 fully saturated rings. The minimum absolute atomic E-state index is 0.0929. The molecule has 1 amide bonds. The SMILES string of the molecule is COc1ccccc1C(NC(=O)C(C)c1ccc2occc2c1)c1ccccc1OC. The highest BCUT2D eigenvalue weighted by Gasteiger charge is 2.26. The minimum Gasteiger partial charge on any atom is -0.496 e. The number of hydrogen-bond acceptors (Lipinski definition) is 4. The van der Waals surface area contributed by atoms with Gasteiger partial charge in [-0.25, -0.2) is 0 Å². The molecule has 5 heteroatoms. The molecule has 5 nitrogen and oxygen atoms in total. The van der Waals surface area contributed by atoms with Crippen LogP contribution < -0.4 is 14.8 Å². The number of furan rings is 1. The number of carbonyl (C=O) groups excluding carboxylic acids is 1. The second kappa shape index (κ2) is 8.96. The van der Waals surface area contributed by atoms with E-state index in [0.717, 1.165) is 27.7 Å². The van der Waals surface area contributed by atoms with Gasteiger partial charge < -0.3 is 19.2 Å². The topological polar surface area (TPSA) is 60.7 Å². The Balaban J connectivity index is 1.70. The smallest absolute Gasteiger partial charge is 0.228 e. The maximum absolute atomic E-state index is 13.4. The van der Waals surface area contributed by atoms with Crippen LogP contribution in [0, 0.1) is 0 Å². The number of carbonyl (C=O) groups is 1. The van der Waals surface area contributed by atoms with Crippen LogP contribution >= 0.6 is 0 Å². The largest absolute Gasteiger partial charge is 0.496 e. The summed E-state index contributed by atoms with van der Waals surface area (Å²) in [6.07, 6.45) is 1.65. The quantitative estimate of drug-likeness (QED) is 0.435. The Bertz CT molecular complexity index is 1150. The molecule has 0 aliphatic carbocycles. The molecule has 0 aliphatic rings. The Hall–Kier alpha value is -3.73. The molecule has 4 aromatic rings. The van der Waals surface area contributed by atoms with Gasteiger partial charge in [0.25, 0.3) is 0 Å². The van der Waals surface area contributed by atoms with Crippen LogP contribution in [0.15, 0.2) is 83.5 Å². The van der Waals surface area contributed by atoms with Gasteiger partial charge in [-0.2, -0.15) is 0 Å². The van der Waals surface area contributed by atoms with E-state index in [1.807, 2.05) is 79.7 Å². The van der Waals surface area contributed by atoms with Crippen LogP contribution in [-0.4, -0.2) is 20.1 Å². The van der Waals surface area contributed by atoms with Gasteiger partial charge in [-0.15, -0.1) is 0 Å². The van der Waals surface area contributed by atoms with Gasteiger partial charge in [0.1, 0.15) is 17.1 Å². The fourth-order valence-corrected chi connectivity index (χ4v) is 3.81. The van der Waals surface area contributed by atoms with Crippen molar-refractivity contribution in [2.75, 3.05) is 14.2 Å². The summed E-state index contributed by atoms with van der Waals surface area (Å²) in [5, 5.41) is 4.19. The van der Waals surface area contributed by atoms with Crippen molar-refractivity contribution in [1.82, 2.24) is 5.32 Å². The lowest BCUT2D eigenvalue weighted by atomic mass is 9.94. The fourth-order valence-electron chi connectivity index (χ4n) is 3.81. The van der Waals surface area contributed by atoms with Crippen LogP contribution in [0.4, 0.5) is 0 Å². The molecule has 31 heavy (non-hydrogen) atoms. The van der Waals surface area contributed by atoms with Crippen molar-refractivity contribution >= 4 is 16.9 Å². The number of amides is 1. The monoisotopic (exact) mass is 415 g/mol. The van der Waals surface area contributed by atoms with Crippen LogP contribution in [0.5, 0.6) is 11.5 Å². The van der Waals surface area contributed by atoms with E-state index in [1.54, 1.807) is 20.5 Å². The molecule has 0 bridgehead atoms. The van der Waals surface area contributed by atoms with E-state index >= 15 is 0 Å². The first kappa shape index (κ1) is 20.5. The summed E-state index contributed by atoms with van der Waals surface area (Å²) in [5.74, 6) is 0.952. The molecule has 1 atom stereocenters. The number of hydrogen-bond donors (Lipinski definition) is 1.